The van der Waals surface area contributed by atoms with Crippen molar-refractivity contribution in [3.63, 3.8) is 0 Å². The van der Waals surface area contributed by atoms with Gasteiger partial charge in [-0.25, -0.2) is 4.98 Å². The maximum absolute atomic E-state index is 14.8. The third-order valence-corrected chi connectivity index (χ3v) is 5.00. The van der Waals surface area contributed by atoms with Gasteiger partial charge in [-0.3, -0.25) is 4.79 Å². The second-order valence-electron chi connectivity index (χ2n) is 6.42. The number of ether oxygens (including phenoxy) is 2. The number of aromatic nitrogens is 2. The number of methoxy groups -OCH3 is 2. The van der Waals surface area contributed by atoms with Gasteiger partial charge < -0.3 is 14.4 Å². The highest BCUT2D eigenvalue weighted by Gasteiger charge is 2.57. The maximum Gasteiger partial charge on any atom is 0.255 e. The smallest absolute Gasteiger partial charge is 0.255 e. The van der Waals surface area contributed by atoms with Crippen LogP contribution in [0.25, 0.3) is 0 Å². The minimum atomic E-state index is -1.08. The molecule has 0 unspecified atom stereocenters. The molecule has 0 bridgehead atoms. The number of hydrogen-bond acceptors (Lipinski definition) is 6. The topological polar surface area (TPSA) is 88.3 Å². The van der Waals surface area contributed by atoms with Gasteiger partial charge in [0.25, 0.3) is 11.8 Å². The van der Waals surface area contributed by atoms with Crippen LogP contribution in [0, 0.1) is 23.0 Å². The van der Waals surface area contributed by atoms with E-state index in [0.29, 0.717) is 24.0 Å². The minimum absolute atomic E-state index is 0.0845. The van der Waals surface area contributed by atoms with Crippen LogP contribution in [0.5, 0.6) is 11.8 Å². The molecule has 27 heavy (non-hydrogen) atoms. The molecule has 4 rings (SSSR count). The van der Waals surface area contributed by atoms with Gasteiger partial charge in [-0.15, -0.1) is 0 Å². The number of fused-ring (bicyclic) bond motifs is 2. The molecule has 1 amide bonds. The van der Waals surface area contributed by atoms with E-state index in [1.807, 2.05) is 6.07 Å². The van der Waals surface area contributed by atoms with Gasteiger partial charge in [-0.1, -0.05) is 0 Å². The van der Waals surface area contributed by atoms with Gasteiger partial charge in [0.15, 0.2) is 0 Å². The van der Waals surface area contributed by atoms with E-state index in [9.17, 15) is 13.6 Å². The van der Waals surface area contributed by atoms with Crippen molar-refractivity contribution in [3.8, 4) is 17.8 Å². The highest BCUT2D eigenvalue weighted by Crippen LogP contribution is 2.54. The van der Waals surface area contributed by atoms with E-state index >= 15 is 0 Å². The summed E-state index contributed by atoms with van der Waals surface area (Å²) in [5.41, 5.74) is 0.0877. The van der Waals surface area contributed by atoms with Crippen molar-refractivity contribution < 1.29 is 23.0 Å². The lowest BCUT2D eigenvalue weighted by Gasteiger charge is -2.34. The van der Waals surface area contributed by atoms with Crippen molar-refractivity contribution in [3.05, 3.63) is 40.7 Å². The molecular weight excluding hydrogens is 358 g/mol. The maximum atomic E-state index is 14.8. The summed E-state index contributed by atoms with van der Waals surface area (Å²) in [5.74, 6) is -3.53. The molecule has 2 aromatic heterocycles. The van der Waals surface area contributed by atoms with Crippen molar-refractivity contribution >= 4 is 11.6 Å². The van der Waals surface area contributed by atoms with E-state index in [-0.39, 0.29) is 12.2 Å². The Bertz CT molecular complexity index is 986. The Morgan fingerprint density at radius 2 is 1.85 bits per heavy atom. The number of amides is 1. The zero-order chi connectivity index (χ0) is 19.3. The zero-order valence-corrected chi connectivity index (χ0v) is 14.5. The molecule has 1 aliphatic carbocycles. The quantitative estimate of drug-likeness (QED) is 0.821. The molecule has 9 heteroatoms. The number of pyridine rings is 2. The van der Waals surface area contributed by atoms with Crippen LogP contribution >= 0.6 is 0 Å². The molecule has 3 heterocycles. The molecule has 7 nitrogen and oxygen atoms in total. The van der Waals surface area contributed by atoms with Crippen LogP contribution in [0.3, 0.4) is 0 Å². The predicted octanol–water partition coefficient (Wildman–Crippen LogP) is 2.22. The van der Waals surface area contributed by atoms with E-state index in [4.69, 9.17) is 14.7 Å². The Balaban J connectivity index is 1.90. The van der Waals surface area contributed by atoms with Crippen LogP contribution in [-0.2, 0) is 16.8 Å². The average molecular weight is 372 g/mol. The molecule has 2 aromatic rings. The van der Waals surface area contributed by atoms with E-state index in [2.05, 4.69) is 9.97 Å². The third kappa shape index (κ3) is 2.33. The molecule has 0 radical (unpaired) electrons. The standard InChI is InChI=1S/C18H14F2N4O3/c1-26-15-12(19)14(13(20)16(23-15)27-2)24-8-9-7-22-10(6-21)5-11(9)18(3-4-18)17(24)25/h5,7H,3-4,8H2,1-2H3. The van der Waals surface area contributed by atoms with Crippen LogP contribution in [0.4, 0.5) is 14.5 Å². The number of carbonyl (C=O) groups is 1. The Morgan fingerprint density at radius 3 is 2.37 bits per heavy atom. The molecule has 0 atom stereocenters. The number of anilines is 1. The molecule has 1 spiro atoms. The summed E-state index contributed by atoms with van der Waals surface area (Å²) >= 11 is 0. The fraction of sp³-hybridized carbons (Fsp3) is 0.333. The highest BCUT2D eigenvalue weighted by atomic mass is 19.1. The van der Waals surface area contributed by atoms with E-state index in [1.54, 1.807) is 6.07 Å². The number of nitrogens with zero attached hydrogens (tertiary/aromatic N) is 4. The van der Waals surface area contributed by atoms with Crippen LogP contribution in [-0.4, -0.2) is 30.1 Å². The van der Waals surface area contributed by atoms with Crippen LogP contribution in [0.1, 0.15) is 29.7 Å². The lowest BCUT2D eigenvalue weighted by Crippen LogP contribution is -2.45. The first kappa shape index (κ1) is 17.1. The van der Waals surface area contributed by atoms with Crippen molar-refractivity contribution in [2.75, 3.05) is 19.1 Å². The van der Waals surface area contributed by atoms with Crippen molar-refractivity contribution in [2.24, 2.45) is 0 Å². The lowest BCUT2D eigenvalue weighted by atomic mass is 9.86. The Labute approximate surface area is 153 Å². The summed E-state index contributed by atoms with van der Waals surface area (Å²) in [6, 6.07) is 3.53. The van der Waals surface area contributed by atoms with Crippen molar-refractivity contribution in [2.45, 2.75) is 24.8 Å². The number of halogens is 2. The highest BCUT2D eigenvalue weighted by molar-refractivity contribution is 6.05. The SMILES string of the molecule is COc1nc(OC)c(F)c(N2Cc3cnc(C#N)cc3C3(CC3)C2=O)c1F. The van der Waals surface area contributed by atoms with E-state index in [1.165, 1.54) is 20.4 Å². The lowest BCUT2D eigenvalue weighted by molar-refractivity contribution is -0.121. The van der Waals surface area contributed by atoms with Crippen molar-refractivity contribution in [1.82, 2.24) is 9.97 Å². The van der Waals surface area contributed by atoms with E-state index in [0.717, 1.165) is 4.90 Å². The summed E-state index contributed by atoms with van der Waals surface area (Å²) in [4.78, 5) is 21.9. The number of rotatable bonds is 3. The average Bonchev–Trinajstić information content (AvgIpc) is 3.47. The third-order valence-electron chi connectivity index (χ3n) is 5.00. The second kappa shape index (κ2) is 5.87. The minimum Gasteiger partial charge on any atom is -0.479 e. The molecule has 2 aliphatic rings. The molecule has 0 saturated heterocycles. The largest absolute Gasteiger partial charge is 0.479 e. The second-order valence-corrected chi connectivity index (χ2v) is 6.42. The van der Waals surface area contributed by atoms with Crippen LogP contribution in [0.15, 0.2) is 12.3 Å². The van der Waals surface area contributed by atoms with Gasteiger partial charge in [0.1, 0.15) is 17.5 Å². The summed E-state index contributed by atoms with van der Waals surface area (Å²) < 4.78 is 39.4. The molecule has 0 aromatic carbocycles. The first-order valence-electron chi connectivity index (χ1n) is 8.15. The normalized spacial score (nSPS) is 16.7. The van der Waals surface area contributed by atoms with Crippen LogP contribution < -0.4 is 14.4 Å². The monoisotopic (exact) mass is 372 g/mol. The molecule has 1 saturated carbocycles. The fourth-order valence-electron chi connectivity index (χ4n) is 3.52. The predicted molar refractivity (Wildman–Crippen MR) is 88.3 cm³/mol. The summed E-state index contributed by atoms with van der Waals surface area (Å²) in [7, 11) is 2.38. The van der Waals surface area contributed by atoms with Crippen LogP contribution in [0.2, 0.25) is 0 Å². The number of carbonyl (C=O) groups excluding carboxylic acids is 1. The first-order valence-corrected chi connectivity index (χ1v) is 8.15. The van der Waals surface area contributed by atoms with Gasteiger partial charge in [-0.2, -0.15) is 19.0 Å². The van der Waals surface area contributed by atoms with Gasteiger partial charge in [0.05, 0.1) is 26.2 Å². The number of hydrogen-bond donors (Lipinski definition) is 0. The fourth-order valence-corrected chi connectivity index (χ4v) is 3.52. The van der Waals surface area contributed by atoms with E-state index < -0.39 is 40.4 Å². The summed E-state index contributed by atoms with van der Waals surface area (Å²) in [6.07, 6.45) is 2.54. The van der Waals surface area contributed by atoms with Gasteiger partial charge in [0, 0.05) is 6.20 Å². The summed E-state index contributed by atoms with van der Waals surface area (Å²) in [6.45, 7) is -0.0845. The van der Waals surface area contributed by atoms with Gasteiger partial charge >= 0.3 is 0 Å². The summed E-state index contributed by atoms with van der Waals surface area (Å²) in [5, 5.41) is 9.07. The molecule has 1 aliphatic heterocycles. The van der Waals surface area contributed by atoms with Gasteiger partial charge in [-0.05, 0) is 30.0 Å². The molecule has 138 valence electrons. The number of nitriles is 1. The van der Waals surface area contributed by atoms with Crippen molar-refractivity contribution in [1.29, 1.82) is 5.26 Å². The van der Waals surface area contributed by atoms with Gasteiger partial charge in [0.2, 0.25) is 17.5 Å². The molecule has 0 N–H and O–H groups in total. The Hall–Kier alpha value is -3.28. The Kier molecular flexibility index (Phi) is 3.73. The zero-order valence-electron chi connectivity index (χ0n) is 14.5. The molecule has 1 fully saturated rings. The Morgan fingerprint density at radius 1 is 1.22 bits per heavy atom. The first-order chi connectivity index (χ1) is 13.0. The molecular formula is C18H14F2N4O3.